The molecule has 0 amide bonds. The molecule has 0 radical (unpaired) electrons. The number of alkyl halides is 3. The van der Waals surface area contributed by atoms with Gasteiger partial charge in [0.05, 0.1) is 5.69 Å². The summed E-state index contributed by atoms with van der Waals surface area (Å²) >= 11 is 6.04. The van der Waals surface area contributed by atoms with Crippen molar-refractivity contribution in [3.05, 3.63) is 28.9 Å². The van der Waals surface area contributed by atoms with Gasteiger partial charge in [0.1, 0.15) is 0 Å². The predicted molar refractivity (Wildman–Crippen MR) is 116 cm³/mol. The van der Waals surface area contributed by atoms with E-state index in [9.17, 15) is 13.2 Å². The van der Waals surface area contributed by atoms with Gasteiger partial charge < -0.3 is 20.3 Å². The Morgan fingerprint density at radius 3 is 2.41 bits per heavy atom. The highest BCUT2D eigenvalue weighted by Gasteiger charge is 2.38. The molecule has 1 aromatic carbocycles. The molecular formula is C22H29ClF3N3O3. The molecule has 32 heavy (non-hydrogen) atoms. The average Bonchev–Trinajstić information content (AvgIpc) is 3.16. The van der Waals surface area contributed by atoms with Crippen molar-refractivity contribution >= 4 is 28.5 Å². The van der Waals surface area contributed by atoms with Crippen LogP contribution < -0.4 is 5.73 Å². The zero-order valence-corrected chi connectivity index (χ0v) is 18.5. The monoisotopic (exact) mass is 475 g/mol. The molecule has 0 unspecified atom stereocenters. The Morgan fingerprint density at radius 2 is 1.81 bits per heavy atom. The molecule has 2 heterocycles. The fourth-order valence-electron chi connectivity index (χ4n) is 4.50. The van der Waals surface area contributed by atoms with Gasteiger partial charge in [0.25, 0.3) is 0 Å². The summed E-state index contributed by atoms with van der Waals surface area (Å²) < 4.78 is 37.2. The van der Waals surface area contributed by atoms with Gasteiger partial charge in [-0.1, -0.05) is 16.8 Å². The number of halogens is 4. The summed E-state index contributed by atoms with van der Waals surface area (Å²) in [6, 6.07) is 6.29. The van der Waals surface area contributed by atoms with Crippen LogP contribution in [0, 0.1) is 5.92 Å². The van der Waals surface area contributed by atoms with Crippen LogP contribution in [0.3, 0.4) is 0 Å². The number of hydrogen-bond donors (Lipinski definition) is 2. The number of aliphatic carboxylic acids is 1. The van der Waals surface area contributed by atoms with Crippen molar-refractivity contribution in [3.63, 3.8) is 0 Å². The Kier molecular flexibility index (Phi) is 8.41. The molecule has 1 aliphatic carbocycles. The maximum Gasteiger partial charge on any atom is 0.490 e. The zero-order valence-electron chi connectivity index (χ0n) is 17.8. The SMILES string of the molecule is NC1CCC(CCN2CCC(c3noc4cc(Cl)ccc34)CC2)CC1.O=C(O)C(F)(F)F. The quantitative estimate of drug-likeness (QED) is 0.631. The van der Waals surface area contributed by atoms with Crippen LogP contribution in [0.2, 0.25) is 5.02 Å². The first kappa shape index (κ1) is 24.8. The second-order valence-electron chi connectivity index (χ2n) is 8.70. The van der Waals surface area contributed by atoms with Crippen molar-refractivity contribution in [1.29, 1.82) is 0 Å². The maximum atomic E-state index is 10.6. The highest BCUT2D eigenvalue weighted by atomic mass is 35.5. The second-order valence-corrected chi connectivity index (χ2v) is 9.13. The lowest BCUT2D eigenvalue weighted by molar-refractivity contribution is -0.192. The molecule has 2 aromatic rings. The van der Waals surface area contributed by atoms with Crippen LogP contribution >= 0.6 is 11.6 Å². The summed E-state index contributed by atoms with van der Waals surface area (Å²) in [5.41, 5.74) is 7.94. The maximum absolute atomic E-state index is 10.6. The molecule has 10 heteroatoms. The third kappa shape index (κ3) is 6.83. The van der Waals surface area contributed by atoms with Gasteiger partial charge in [-0.2, -0.15) is 13.2 Å². The Bertz CT molecular complexity index is 889. The summed E-state index contributed by atoms with van der Waals surface area (Å²) in [7, 11) is 0. The van der Waals surface area contributed by atoms with Crippen LogP contribution in [0.1, 0.15) is 56.6 Å². The van der Waals surface area contributed by atoms with Gasteiger partial charge in [-0.25, -0.2) is 4.79 Å². The van der Waals surface area contributed by atoms with Crippen LogP contribution in [0.5, 0.6) is 0 Å². The largest absolute Gasteiger partial charge is 0.490 e. The normalized spacial score (nSPS) is 23.0. The first-order valence-corrected chi connectivity index (χ1v) is 11.3. The lowest BCUT2D eigenvalue weighted by atomic mass is 9.84. The van der Waals surface area contributed by atoms with Gasteiger partial charge in [-0.3, -0.25) is 0 Å². The van der Waals surface area contributed by atoms with Gasteiger partial charge in [-0.05, 0) is 82.6 Å². The minimum Gasteiger partial charge on any atom is -0.475 e. The van der Waals surface area contributed by atoms with Crippen LogP contribution in [-0.4, -0.2) is 53.0 Å². The Morgan fingerprint density at radius 1 is 1.19 bits per heavy atom. The van der Waals surface area contributed by atoms with E-state index in [1.165, 1.54) is 64.6 Å². The van der Waals surface area contributed by atoms with E-state index in [-0.39, 0.29) is 0 Å². The van der Waals surface area contributed by atoms with Gasteiger partial charge >= 0.3 is 12.1 Å². The molecule has 1 saturated heterocycles. The number of piperidine rings is 1. The molecule has 2 fully saturated rings. The number of nitrogens with zero attached hydrogens (tertiary/aromatic N) is 2. The van der Waals surface area contributed by atoms with Crippen molar-refractivity contribution in [2.45, 2.75) is 63.1 Å². The smallest absolute Gasteiger partial charge is 0.475 e. The molecule has 0 bridgehead atoms. The summed E-state index contributed by atoms with van der Waals surface area (Å²) in [6.07, 6.45) is 3.67. The van der Waals surface area contributed by atoms with Gasteiger partial charge in [-0.15, -0.1) is 0 Å². The van der Waals surface area contributed by atoms with Crippen LogP contribution in [0.25, 0.3) is 11.0 Å². The van der Waals surface area contributed by atoms with E-state index in [1.807, 2.05) is 18.2 Å². The lowest BCUT2D eigenvalue weighted by Gasteiger charge is -2.33. The van der Waals surface area contributed by atoms with E-state index in [2.05, 4.69) is 10.1 Å². The number of carboxylic acid groups (broad SMARTS) is 1. The molecule has 0 spiro atoms. The van der Waals surface area contributed by atoms with Crippen LogP contribution in [0.4, 0.5) is 13.2 Å². The molecule has 3 N–H and O–H groups in total. The number of nitrogens with two attached hydrogens (primary N) is 1. The lowest BCUT2D eigenvalue weighted by Crippen LogP contribution is -2.35. The van der Waals surface area contributed by atoms with Crippen molar-refractivity contribution < 1.29 is 27.6 Å². The second kappa shape index (κ2) is 10.9. The number of rotatable bonds is 4. The van der Waals surface area contributed by atoms with E-state index in [4.69, 9.17) is 31.8 Å². The van der Waals surface area contributed by atoms with Crippen LogP contribution in [-0.2, 0) is 4.79 Å². The summed E-state index contributed by atoms with van der Waals surface area (Å²) in [5.74, 6) is -1.36. The fourth-order valence-corrected chi connectivity index (χ4v) is 4.66. The first-order chi connectivity index (χ1) is 15.1. The zero-order chi connectivity index (χ0) is 23.3. The molecule has 1 saturated carbocycles. The molecule has 1 aliphatic heterocycles. The Hall–Kier alpha value is -1.84. The first-order valence-electron chi connectivity index (χ1n) is 11.0. The third-order valence-electron chi connectivity index (χ3n) is 6.42. The number of carbonyl (C=O) groups is 1. The number of hydrogen-bond acceptors (Lipinski definition) is 5. The topological polar surface area (TPSA) is 92.6 Å². The molecule has 1 aromatic heterocycles. The molecule has 2 aliphatic rings. The average molecular weight is 476 g/mol. The minimum absolute atomic E-state index is 0.458. The molecule has 0 atom stereocenters. The number of fused-ring (bicyclic) bond motifs is 1. The van der Waals surface area contributed by atoms with Crippen molar-refractivity contribution in [1.82, 2.24) is 10.1 Å². The van der Waals surface area contributed by atoms with Crippen molar-refractivity contribution in [2.24, 2.45) is 11.7 Å². The van der Waals surface area contributed by atoms with E-state index in [0.29, 0.717) is 17.0 Å². The number of carboxylic acids is 1. The van der Waals surface area contributed by atoms with Gasteiger partial charge in [0.2, 0.25) is 0 Å². The molecule has 4 rings (SSSR count). The number of benzene rings is 1. The summed E-state index contributed by atoms with van der Waals surface area (Å²) in [6.45, 7) is 3.57. The Balaban J connectivity index is 0.000000360. The van der Waals surface area contributed by atoms with Crippen LogP contribution in [0.15, 0.2) is 22.7 Å². The third-order valence-corrected chi connectivity index (χ3v) is 6.66. The van der Waals surface area contributed by atoms with E-state index in [0.717, 1.165) is 22.6 Å². The highest BCUT2D eigenvalue weighted by Crippen LogP contribution is 2.34. The van der Waals surface area contributed by atoms with Crippen molar-refractivity contribution in [3.8, 4) is 0 Å². The summed E-state index contributed by atoms with van der Waals surface area (Å²) in [5, 5.41) is 13.3. The Labute approximate surface area is 189 Å². The van der Waals surface area contributed by atoms with E-state index < -0.39 is 12.1 Å². The molecule has 6 nitrogen and oxygen atoms in total. The van der Waals surface area contributed by atoms with E-state index in [1.54, 1.807) is 0 Å². The van der Waals surface area contributed by atoms with Gasteiger partial charge in [0.15, 0.2) is 5.58 Å². The molecule has 178 valence electrons. The minimum atomic E-state index is -5.08. The number of likely N-dealkylation sites (tertiary alicyclic amines) is 1. The summed E-state index contributed by atoms with van der Waals surface area (Å²) in [4.78, 5) is 11.5. The fraction of sp³-hybridized carbons (Fsp3) is 0.636. The predicted octanol–water partition coefficient (Wildman–Crippen LogP) is 5.20. The van der Waals surface area contributed by atoms with E-state index >= 15 is 0 Å². The standard InChI is InChI=1S/C20H28ClN3O.C2HF3O2/c21-16-3-6-18-19(13-16)25-23-20(18)15-8-11-24(12-9-15)10-7-14-1-4-17(22)5-2-14;3-2(4,5)1(6)7/h3,6,13-15,17H,1-2,4-5,7-12,22H2;(H,6,7). The highest BCUT2D eigenvalue weighted by molar-refractivity contribution is 6.31. The molecular weight excluding hydrogens is 447 g/mol. The van der Waals surface area contributed by atoms with Crippen molar-refractivity contribution in [2.75, 3.05) is 19.6 Å². The number of aromatic nitrogens is 1. The van der Waals surface area contributed by atoms with Gasteiger partial charge in [0, 0.05) is 28.4 Å².